The molecule has 2 aliphatic rings. The van der Waals surface area contributed by atoms with Crippen LogP contribution in [0.3, 0.4) is 0 Å². The zero-order chi connectivity index (χ0) is 50.0. The molecule has 2 fully saturated rings. The summed E-state index contributed by atoms with van der Waals surface area (Å²) in [5.74, 6) is -5.88. The number of aliphatic carboxylic acids is 1. The van der Waals surface area contributed by atoms with Gasteiger partial charge in [0.2, 0.25) is 47.3 Å². The van der Waals surface area contributed by atoms with E-state index in [0.717, 1.165) is 0 Å². The van der Waals surface area contributed by atoms with Gasteiger partial charge in [-0.25, -0.2) is 4.79 Å². The van der Waals surface area contributed by atoms with Crippen molar-refractivity contribution in [3.8, 4) is 0 Å². The molecule has 0 aromatic carbocycles. The van der Waals surface area contributed by atoms with Gasteiger partial charge in [-0.15, -0.1) is 0 Å². The Balaban J connectivity index is 2.15. The number of rotatable bonds is 27. The molecule has 0 aliphatic carbocycles. The standard InChI is InChI=1S/C46H81N9O10S/c1-12-28(9)36(47)42(60)49-30(18-21-66-11)44(62)54-19-15-17-34(54)41(59)53-37(27(7)8)45(63)55-20-14-16-33(55)40(58)48-24-35(56)52-38(29(10)13-2)43(61)50-31(22-25(3)4)39(57)51-32(46(64)65)23-26(5)6/h25-34,36-38H,12-24,47H2,1-11H3,(H,48,58)(H,49,60)(H,50,61)(H,51,57)(H,52,56)(H,53,59)(H,64,65). The summed E-state index contributed by atoms with van der Waals surface area (Å²) in [6, 6.07) is -7.83. The average molecular weight is 952 g/mol. The molecule has 0 aromatic heterocycles. The second kappa shape index (κ2) is 28.0. The molecule has 2 rings (SSSR count). The largest absolute Gasteiger partial charge is 0.480 e. The number of likely N-dealkylation sites (tertiary alicyclic amines) is 2. The van der Waals surface area contributed by atoms with Crippen LogP contribution in [0.1, 0.15) is 127 Å². The Morgan fingerprint density at radius 2 is 1.15 bits per heavy atom. The number of hydrogen-bond donors (Lipinski definition) is 8. The first kappa shape index (κ1) is 57.7. The van der Waals surface area contributed by atoms with Gasteiger partial charge in [0.15, 0.2) is 0 Å². The van der Waals surface area contributed by atoms with Gasteiger partial charge in [0.25, 0.3) is 0 Å². The first-order valence-electron chi connectivity index (χ1n) is 23.9. The van der Waals surface area contributed by atoms with E-state index in [1.165, 1.54) is 21.6 Å². The Bertz CT molecular complexity index is 1680. The van der Waals surface area contributed by atoms with Crippen LogP contribution in [0.15, 0.2) is 0 Å². The number of nitrogens with zero attached hydrogens (tertiary/aromatic N) is 2. The van der Waals surface area contributed by atoms with Gasteiger partial charge in [-0.3, -0.25) is 38.4 Å². The van der Waals surface area contributed by atoms with Gasteiger partial charge in [-0.1, -0.05) is 82.1 Å². The van der Waals surface area contributed by atoms with Crippen LogP contribution in [-0.2, 0) is 43.2 Å². The molecule has 8 amide bonds. The smallest absolute Gasteiger partial charge is 0.326 e. The van der Waals surface area contributed by atoms with Crippen LogP contribution >= 0.6 is 11.8 Å². The van der Waals surface area contributed by atoms with E-state index in [4.69, 9.17) is 5.73 Å². The van der Waals surface area contributed by atoms with E-state index >= 15 is 0 Å². The molecular formula is C46H81N9O10S. The summed E-state index contributed by atoms with van der Waals surface area (Å²) in [7, 11) is 0. The molecule has 10 unspecified atom stereocenters. The zero-order valence-electron chi connectivity index (χ0n) is 41.2. The highest BCUT2D eigenvalue weighted by atomic mass is 32.2. The normalized spacial score (nSPS) is 19.8. The van der Waals surface area contributed by atoms with Gasteiger partial charge in [0, 0.05) is 13.1 Å². The van der Waals surface area contributed by atoms with Gasteiger partial charge >= 0.3 is 5.97 Å². The third-order valence-corrected chi connectivity index (χ3v) is 13.2. The molecule has 0 saturated carbocycles. The van der Waals surface area contributed by atoms with E-state index < -0.39 is 108 Å². The molecule has 0 aromatic rings. The van der Waals surface area contributed by atoms with Crippen LogP contribution in [0.25, 0.3) is 0 Å². The Morgan fingerprint density at radius 3 is 1.67 bits per heavy atom. The minimum absolute atomic E-state index is 0.0120. The predicted molar refractivity (Wildman–Crippen MR) is 253 cm³/mol. The molecule has 20 heteroatoms. The number of nitrogens with two attached hydrogens (primary N) is 1. The number of hydrogen-bond acceptors (Lipinski definition) is 11. The van der Waals surface area contributed by atoms with Crippen LogP contribution in [0, 0.1) is 29.6 Å². The van der Waals surface area contributed by atoms with Crippen LogP contribution in [0.5, 0.6) is 0 Å². The van der Waals surface area contributed by atoms with Crippen molar-refractivity contribution in [1.29, 1.82) is 0 Å². The van der Waals surface area contributed by atoms with Crippen molar-refractivity contribution in [2.24, 2.45) is 35.3 Å². The van der Waals surface area contributed by atoms with Gasteiger partial charge in [0.1, 0.15) is 42.3 Å². The van der Waals surface area contributed by atoms with Gasteiger partial charge in [-0.05, 0) is 86.5 Å². The van der Waals surface area contributed by atoms with Crippen LogP contribution in [0.4, 0.5) is 0 Å². The van der Waals surface area contributed by atoms with Gasteiger partial charge in [-0.2, -0.15) is 11.8 Å². The molecule has 10 atom stereocenters. The monoisotopic (exact) mass is 952 g/mol. The van der Waals surface area contributed by atoms with E-state index in [0.29, 0.717) is 57.2 Å². The van der Waals surface area contributed by atoms with Crippen molar-refractivity contribution in [2.75, 3.05) is 31.6 Å². The summed E-state index contributed by atoms with van der Waals surface area (Å²) in [5.41, 5.74) is 6.18. The zero-order valence-corrected chi connectivity index (χ0v) is 42.0. The molecule has 0 spiro atoms. The molecule has 66 heavy (non-hydrogen) atoms. The van der Waals surface area contributed by atoms with E-state index in [2.05, 4.69) is 31.9 Å². The van der Waals surface area contributed by atoms with E-state index in [-0.39, 0.29) is 49.0 Å². The lowest BCUT2D eigenvalue weighted by atomic mass is 9.96. The topological polar surface area (TPSA) is 279 Å². The Labute approximate surface area is 396 Å². The first-order chi connectivity index (χ1) is 31.0. The second-order valence-electron chi connectivity index (χ2n) is 19.2. The highest BCUT2D eigenvalue weighted by molar-refractivity contribution is 7.98. The number of thioether (sulfide) groups is 1. The summed E-state index contributed by atoms with van der Waals surface area (Å²) >= 11 is 1.53. The highest BCUT2D eigenvalue weighted by Crippen LogP contribution is 2.24. The maximum absolute atomic E-state index is 14.2. The molecule has 376 valence electrons. The quantitative estimate of drug-likeness (QED) is 0.0582. The molecule has 2 aliphatic heterocycles. The molecular weight excluding hydrogens is 871 g/mol. The summed E-state index contributed by atoms with van der Waals surface area (Å²) in [5, 5.41) is 25.9. The fourth-order valence-electron chi connectivity index (χ4n) is 8.16. The predicted octanol–water partition coefficient (Wildman–Crippen LogP) is 1.51. The van der Waals surface area contributed by atoms with Crippen molar-refractivity contribution in [3.63, 3.8) is 0 Å². The number of carboxylic acids is 1. The minimum Gasteiger partial charge on any atom is -0.480 e. The third-order valence-electron chi connectivity index (χ3n) is 12.6. The molecule has 0 radical (unpaired) electrons. The average Bonchev–Trinajstić information content (AvgIpc) is 3.97. The molecule has 0 bridgehead atoms. The number of carbonyl (C=O) groups is 9. The highest BCUT2D eigenvalue weighted by Gasteiger charge is 2.43. The van der Waals surface area contributed by atoms with Crippen molar-refractivity contribution in [2.45, 2.75) is 175 Å². The van der Waals surface area contributed by atoms with Crippen molar-refractivity contribution in [3.05, 3.63) is 0 Å². The van der Waals surface area contributed by atoms with Gasteiger partial charge < -0.3 is 52.5 Å². The number of nitrogens with one attached hydrogen (secondary N) is 6. The lowest BCUT2D eigenvalue weighted by molar-refractivity contribution is -0.145. The van der Waals surface area contributed by atoms with Crippen molar-refractivity contribution >= 4 is 65.0 Å². The maximum Gasteiger partial charge on any atom is 0.326 e. The summed E-state index contributed by atoms with van der Waals surface area (Å²) in [6.07, 6.45) is 5.54. The molecule has 19 nitrogen and oxygen atoms in total. The SMILES string of the molecule is CCC(C)C(N)C(=O)NC(CCSC)C(=O)N1CCCC1C(=O)NC(C(=O)N1CCCC1C(=O)NCC(=O)NC(C(=O)NC(CC(C)C)C(=O)NC(CC(C)C)C(=O)O)C(C)CC)C(C)C. The minimum atomic E-state index is -1.19. The summed E-state index contributed by atoms with van der Waals surface area (Å²) in [4.78, 5) is 124. The van der Waals surface area contributed by atoms with E-state index in [1.54, 1.807) is 20.8 Å². The maximum atomic E-state index is 14.2. The molecule has 9 N–H and O–H groups in total. The number of carboxylic acid groups (broad SMARTS) is 1. The lowest BCUT2D eigenvalue weighted by Crippen LogP contribution is -2.60. The summed E-state index contributed by atoms with van der Waals surface area (Å²) in [6.45, 7) is 18.3. The number of carbonyl (C=O) groups excluding carboxylic acids is 8. The second-order valence-corrected chi connectivity index (χ2v) is 20.2. The van der Waals surface area contributed by atoms with Crippen LogP contribution < -0.4 is 37.6 Å². The fourth-order valence-corrected chi connectivity index (χ4v) is 8.63. The third kappa shape index (κ3) is 17.3. The van der Waals surface area contributed by atoms with E-state index in [1.807, 2.05) is 54.7 Å². The summed E-state index contributed by atoms with van der Waals surface area (Å²) < 4.78 is 0. The Morgan fingerprint density at radius 1 is 0.636 bits per heavy atom. The van der Waals surface area contributed by atoms with Gasteiger partial charge in [0.05, 0.1) is 12.6 Å². The molecule has 2 heterocycles. The van der Waals surface area contributed by atoms with Crippen LogP contribution in [0.2, 0.25) is 0 Å². The van der Waals surface area contributed by atoms with Crippen molar-refractivity contribution in [1.82, 2.24) is 41.7 Å². The molecule has 2 saturated heterocycles. The number of amides is 8. The Hall–Kier alpha value is -4.46. The van der Waals surface area contributed by atoms with Crippen molar-refractivity contribution < 1.29 is 48.3 Å². The first-order valence-corrected chi connectivity index (χ1v) is 25.2. The van der Waals surface area contributed by atoms with E-state index in [9.17, 15) is 48.3 Å². The van der Waals surface area contributed by atoms with Crippen LogP contribution in [-0.4, -0.2) is 148 Å². The lowest BCUT2D eigenvalue weighted by Gasteiger charge is -2.33. The Kier molecular flexibility index (Phi) is 24.5. The fraction of sp³-hybridized carbons (Fsp3) is 0.804.